The smallest absolute Gasteiger partial charge is 0.192 e. The van der Waals surface area contributed by atoms with Crippen LogP contribution in [0.15, 0.2) is 29.3 Å². The molecule has 2 N–H and O–H groups in total. The molecule has 0 spiro atoms. The number of aromatic nitrogens is 3. The van der Waals surface area contributed by atoms with Crippen LogP contribution in [0.4, 0.5) is 0 Å². The van der Waals surface area contributed by atoms with Crippen molar-refractivity contribution in [3.8, 4) is 5.75 Å². The summed E-state index contributed by atoms with van der Waals surface area (Å²) in [6.45, 7) is 7.55. The van der Waals surface area contributed by atoms with Gasteiger partial charge in [-0.05, 0) is 38.0 Å². The molecule has 0 aliphatic carbocycles. The van der Waals surface area contributed by atoms with Gasteiger partial charge in [0.05, 0.1) is 20.2 Å². The summed E-state index contributed by atoms with van der Waals surface area (Å²) in [4.78, 5) is 4.77. The fraction of sp³-hybridized carbons (Fsp3) is 0.571. The van der Waals surface area contributed by atoms with Gasteiger partial charge in [-0.1, -0.05) is 38.3 Å². The molecule has 1 aromatic carbocycles. The van der Waals surface area contributed by atoms with E-state index in [2.05, 4.69) is 34.7 Å². The summed E-state index contributed by atoms with van der Waals surface area (Å²) in [6, 6.07) is 8.35. The number of guanidine groups is 1. The lowest BCUT2D eigenvalue weighted by Crippen LogP contribution is -2.42. The average molecular weight is 514 g/mol. The molecule has 2 rings (SSSR count). The maximum atomic E-state index is 5.22. The zero-order valence-electron chi connectivity index (χ0n) is 18.2. The van der Waals surface area contributed by atoms with Crippen molar-refractivity contribution >= 4 is 29.9 Å². The molecule has 0 saturated carbocycles. The van der Waals surface area contributed by atoms with Crippen LogP contribution in [0, 0.1) is 6.92 Å². The number of hydrogen-bond donors (Lipinski definition) is 2. The summed E-state index contributed by atoms with van der Waals surface area (Å²) in [7, 11) is 3.65. The van der Waals surface area contributed by atoms with Crippen LogP contribution in [0.5, 0.6) is 5.75 Å². The number of methoxy groups -OCH3 is 1. The first-order valence-corrected chi connectivity index (χ1v) is 10.1. The Hall–Kier alpha value is -1.84. The molecule has 0 bridgehead atoms. The first-order valence-electron chi connectivity index (χ1n) is 10.1. The predicted octanol–water partition coefficient (Wildman–Crippen LogP) is 3.95. The van der Waals surface area contributed by atoms with E-state index in [0.717, 1.165) is 35.3 Å². The fourth-order valence-electron chi connectivity index (χ4n) is 2.83. The molecule has 29 heavy (non-hydrogen) atoms. The lowest BCUT2D eigenvalue weighted by atomic mass is 10.1. The maximum Gasteiger partial charge on any atom is 0.192 e. The minimum Gasteiger partial charge on any atom is -0.497 e. The molecule has 162 valence electrons. The molecule has 1 aromatic heterocycles. The highest BCUT2D eigenvalue weighted by Crippen LogP contribution is 2.12. The highest BCUT2D eigenvalue weighted by Gasteiger charge is 2.09. The van der Waals surface area contributed by atoms with E-state index in [-0.39, 0.29) is 24.0 Å². The van der Waals surface area contributed by atoms with E-state index in [9.17, 15) is 0 Å². The molecule has 0 radical (unpaired) electrons. The summed E-state index contributed by atoms with van der Waals surface area (Å²) in [5.41, 5.74) is 1.13. The molecule has 0 fully saturated rings. The topological polar surface area (TPSA) is 76.4 Å². The van der Waals surface area contributed by atoms with Crippen molar-refractivity contribution in [2.24, 2.45) is 12.0 Å². The van der Waals surface area contributed by atoms with Crippen molar-refractivity contribution in [3.63, 3.8) is 0 Å². The molecular weight excluding hydrogens is 479 g/mol. The molecular formula is C21H35IN6O. The summed E-state index contributed by atoms with van der Waals surface area (Å²) < 4.78 is 7.20. The molecule has 0 amide bonds. The Bertz CT molecular complexity index is 744. The molecule has 7 nitrogen and oxygen atoms in total. The van der Waals surface area contributed by atoms with Crippen molar-refractivity contribution in [1.82, 2.24) is 25.4 Å². The second-order valence-corrected chi connectivity index (χ2v) is 7.13. The number of benzene rings is 1. The number of nitrogens with one attached hydrogen (secondary N) is 2. The van der Waals surface area contributed by atoms with E-state index in [1.54, 1.807) is 7.11 Å². The van der Waals surface area contributed by atoms with Gasteiger partial charge in [-0.2, -0.15) is 0 Å². The van der Waals surface area contributed by atoms with Gasteiger partial charge < -0.3 is 19.9 Å². The zero-order chi connectivity index (χ0) is 20.4. The molecule has 2 aromatic rings. The predicted molar refractivity (Wildman–Crippen MR) is 129 cm³/mol. The van der Waals surface area contributed by atoms with Crippen LogP contribution in [-0.4, -0.2) is 33.9 Å². The summed E-state index contributed by atoms with van der Waals surface area (Å²) in [5.74, 6) is 3.43. The molecule has 1 heterocycles. The highest BCUT2D eigenvalue weighted by atomic mass is 127. The first-order chi connectivity index (χ1) is 13.5. The van der Waals surface area contributed by atoms with Crippen LogP contribution < -0.4 is 15.4 Å². The number of aliphatic imine (C=N–C) groups is 1. The maximum absolute atomic E-state index is 5.22. The van der Waals surface area contributed by atoms with E-state index in [0.29, 0.717) is 19.1 Å². The molecule has 0 aliphatic heterocycles. The van der Waals surface area contributed by atoms with Gasteiger partial charge in [-0.15, -0.1) is 34.2 Å². The van der Waals surface area contributed by atoms with Crippen LogP contribution in [0.1, 0.15) is 56.7 Å². The second kappa shape index (κ2) is 13.4. The van der Waals surface area contributed by atoms with E-state index in [1.807, 2.05) is 42.8 Å². The summed E-state index contributed by atoms with van der Waals surface area (Å²) in [5, 5.41) is 15.3. The second-order valence-electron chi connectivity index (χ2n) is 7.13. The van der Waals surface area contributed by atoms with Gasteiger partial charge >= 0.3 is 0 Å². The van der Waals surface area contributed by atoms with Gasteiger partial charge in [-0.25, -0.2) is 4.99 Å². The Kier molecular flexibility index (Phi) is 11.6. The SMILES string of the molecule is CCCCCC(C)NC(=NCc1ccc(OC)cc1)NCc1nnc(C)n1C.I. The van der Waals surface area contributed by atoms with E-state index >= 15 is 0 Å². The largest absolute Gasteiger partial charge is 0.497 e. The van der Waals surface area contributed by atoms with Crippen molar-refractivity contribution < 1.29 is 4.74 Å². The van der Waals surface area contributed by atoms with Gasteiger partial charge in [0.1, 0.15) is 11.6 Å². The van der Waals surface area contributed by atoms with Crippen LogP contribution in [0.25, 0.3) is 0 Å². The first kappa shape index (κ1) is 25.2. The van der Waals surface area contributed by atoms with Crippen LogP contribution in [0.3, 0.4) is 0 Å². The quantitative estimate of drug-likeness (QED) is 0.217. The zero-order valence-corrected chi connectivity index (χ0v) is 20.6. The number of rotatable bonds is 10. The third-order valence-corrected chi connectivity index (χ3v) is 4.80. The van der Waals surface area contributed by atoms with Crippen LogP contribution in [-0.2, 0) is 20.1 Å². The molecule has 1 atom stereocenters. The Morgan fingerprint density at radius 2 is 1.93 bits per heavy atom. The molecule has 8 heteroatoms. The number of hydrogen-bond acceptors (Lipinski definition) is 4. The molecule has 0 aliphatic rings. The minimum absolute atomic E-state index is 0. The van der Waals surface area contributed by atoms with Gasteiger partial charge in [0.2, 0.25) is 0 Å². The Labute approximate surface area is 191 Å². The molecule has 0 saturated heterocycles. The van der Waals surface area contributed by atoms with E-state index in [1.165, 1.54) is 19.3 Å². The fourth-order valence-corrected chi connectivity index (χ4v) is 2.83. The summed E-state index contributed by atoms with van der Waals surface area (Å²) >= 11 is 0. The third kappa shape index (κ3) is 8.59. The summed E-state index contributed by atoms with van der Waals surface area (Å²) in [6.07, 6.45) is 4.84. The molecule has 1 unspecified atom stereocenters. The van der Waals surface area contributed by atoms with Crippen molar-refractivity contribution in [1.29, 1.82) is 0 Å². The normalized spacial score (nSPS) is 12.2. The van der Waals surface area contributed by atoms with Crippen molar-refractivity contribution in [2.45, 2.75) is 65.6 Å². The van der Waals surface area contributed by atoms with Gasteiger partial charge in [0.25, 0.3) is 0 Å². The Morgan fingerprint density at radius 1 is 1.21 bits per heavy atom. The Balaban J connectivity index is 0.00000420. The lowest BCUT2D eigenvalue weighted by Gasteiger charge is -2.18. The van der Waals surface area contributed by atoms with E-state index in [4.69, 9.17) is 9.73 Å². The Morgan fingerprint density at radius 3 is 2.52 bits per heavy atom. The number of unbranched alkanes of at least 4 members (excludes halogenated alkanes) is 2. The van der Waals surface area contributed by atoms with Gasteiger partial charge in [-0.3, -0.25) is 0 Å². The minimum atomic E-state index is 0. The van der Waals surface area contributed by atoms with Gasteiger partial charge in [0.15, 0.2) is 11.8 Å². The highest BCUT2D eigenvalue weighted by molar-refractivity contribution is 14.0. The number of ether oxygens (including phenoxy) is 1. The van der Waals surface area contributed by atoms with Crippen molar-refractivity contribution in [3.05, 3.63) is 41.5 Å². The number of aryl methyl sites for hydroxylation is 1. The van der Waals surface area contributed by atoms with E-state index < -0.39 is 0 Å². The standard InChI is InChI=1S/C21H34N6O.HI/c1-6-7-8-9-16(2)24-21(23-15-20-26-25-17(3)27(20)4)22-14-18-10-12-19(28-5)13-11-18;/h10-13,16H,6-9,14-15H2,1-5H3,(H2,22,23,24);1H. The number of halogens is 1. The van der Waals surface area contributed by atoms with Crippen LogP contribution in [0.2, 0.25) is 0 Å². The third-order valence-electron chi connectivity index (χ3n) is 4.80. The number of nitrogens with zero attached hydrogens (tertiary/aromatic N) is 4. The average Bonchev–Trinajstić information content (AvgIpc) is 3.02. The van der Waals surface area contributed by atoms with Crippen molar-refractivity contribution in [2.75, 3.05) is 7.11 Å². The lowest BCUT2D eigenvalue weighted by molar-refractivity contribution is 0.414. The van der Waals surface area contributed by atoms with Gasteiger partial charge in [0, 0.05) is 13.1 Å². The monoisotopic (exact) mass is 514 g/mol. The van der Waals surface area contributed by atoms with Crippen LogP contribution >= 0.6 is 24.0 Å².